The maximum Gasteiger partial charge on any atom is 0.404 e. The molecule has 3 heterocycles. The Morgan fingerprint density at radius 3 is 1.85 bits per heavy atom. The number of benzene rings is 2. The quantitative estimate of drug-likeness (QED) is 0.106. The Hall–Kier alpha value is -5.32. The number of aromatic amines is 2. The van der Waals surface area contributed by atoms with Gasteiger partial charge in [-0.1, -0.05) is 52.8 Å². The monoisotopic (exact) mass is 859 g/mol. The number of imidazole rings is 2. The summed E-state index contributed by atoms with van der Waals surface area (Å²) in [6.45, 7) is 16.3. The lowest BCUT2D eigenvalue weighted by molar-refractivity contribution is -0.109. The molecule has 61 heavy (non-hydrogen) atoms. The van der Waals surface area contributed by atoms with E-state index in [1.165, 1.54) is 19.6 Å². The van der Waals surface area contributed by atoms with E-state index in [0.717, 1.165) is 67.1 Å². The smallest absolute Gasteiger partial charge is 0.404 e. The van der Waals surface area contributed by atoms with E-state index >= 15 is 0 Å². The zero-order valence-electron chi connectivity index (χ0n) is 38.3. The third-order valence-electron chi connectivity index (χ3n) is 8.58. The number of aromatic nitrogens is 4. The molecule has 2 amide bonds. The minimum Gasteiger partial charge on any atom is -0.453 e. The second kappa shape index (κ2) is 34.4. The van der Waals surface area contributed by atoms with Crippen LogP contribution in [0.3, 0.4) is 0 Å². The number of H-pyrrole nitrogens is 2. The molecule has 2 atom stereocenters. The normalized spacial score (nSPS) is 13.1. The number of ether oxygens (including phenoxy) is 2. The van der Waals surface area contributed by atoms with Crippen LogP contribution in [-0.4, -0.2) is 103 Å². The van der Waals surface area contributed by atoms with E-state index in [4.69, 9.17) is 4.79 Å². The van der Waals surface area contributed by atoms with Crippen molar-refractivity contribution < 1.29 is 37.4 Å². The zero-order chi connectivity index (χ0) is 46.9. The van der Waals surface area contributed by atoms with Crippen molar-refractivity contribution >= 4 is 25.1 Å². The second-order valence-corrected chi connectivity index (χ2v) is 14.8. The van der Waals surface area contributed by atoms with E-state index in [2.05, 4.69) is 78.6 Å². The lowest BCUT2D eigenvalue weighted by atomic mass is 10.1. The van der Waals surface area contributed by atoms with Crippen LogP contribution in [0.2, 0.25) is 0 Å². The van der Waals surface area contributed by atoms with E-state index in [1.807, 2.05) is 46.8 Å². The molecule has 0 unspecified atom stereocenters. The molecule has 0 bridgehead atoms. The van der Waals surface area contributed by atoms with Gasteiger partial charge in [-0.3, -0.25) is 14.6 Å². The molecule has 1 saturated heterocycles. The van der Waals surface area contributed by atoms with E-state index in [1.54, 1.807) is 50.9 Å². The maximum absolute atomic E-state index is 13.9. The third-order valence-corrected chi connectivity index (χ3v) is 8.58. The molecule has 1 aliphatic heterocycles. The van der Waals surface area contributed by atoms with Gasteiger partial charge < -0.3 is 40.5 Å². The Morgan fingerprint density at radius 2 is 1.43 bits per heavy atom. The van der Waals surface area contributed by atoms with Crippen molar-refractivity contribution in [2.75, 3.05) is 48.5 Å². The number of nitrogens with zero attached hydrogens (tertiary/aromatic N) is 4. The number of hydrogen-bond donors (Lipinski definition) is 4. The molecule has 1 aliphatic rings. The number of methoxy groups -OCH3 is 2. The highest BCUT2D eigenvalue weighted by atomic mass is 19.1. The number of carbonyl (C=O) groups excluding carboxylic acids is 4. The molecule has 16 heteroatoms. The minimum atomic E-state index is -0.745. The van der Waals surface area contributed by atoms with Crippen LogP contribution in [0.5, 0.6) is 0 Å². The van der Waals surface area contributed by atoms with Crippen molar-refractivity contribution in [2.45, 2.75) is 92.7 Å². The Kier molecular flexibility index (Phi) is 32.6. The Morgan fingerprint density at radius 1 is 0.918 bits per heavy atom. The zero-order valence-corrected chi connectivity index (χ0v) is 38.3. The molecule has 0 saturated carbocycles. The van der Waals surface area contributed by atoms with Gasteiger partial charge in [0.2, 0.25) is 6.41 Å². The number of hydrogen-bond acceptors (Lipinski definition) is 10. The van der Waals surface area contributed by atoms with Crippen LogP contribution in [-0.2, 0) is 23.9 Å². The lowest BCUT2D eigenvalue weighted by Crippen LogP contribution is -2.23. The number of amides is 2. The van der Waals surface area contributed by atoms with Crippen molar-refractivity contribution in [3.63, 3.8) is 0 Å². The van der Waals surface area contributed by atoms with Crippen molar-refractivity contribution in [2.24, 2.45) is 23.3 Å². The number of halogens is 2. The van der Waals surface area contributed by atoms with Gasteiger partial charge in [0.25, 0.3) is 0 Å². The first-order chi connectivity index (χ1) is 28.9. The predicted octanol–water partition coefficient (Wildman–Crippen LogP) is 8.45. The standard InChI is InChI=1S/C15H18FN3.C15H20FN3.2C5H10O.C2H5NO2.C2H6O.CH3NO/c1-10-5-6-11(12(16)8-10)13-9-17-15(18-13)14-4-3-7-19(14)2;1-4-9-19(3)11(2)15-17-10-14(18-15)12-7-5-6-8-13(12)16;2*1-5(2)3-4-6;1-5-2(3)4;1-3-2;2-1-3/h5-6,8-9,14H,3-4,7H2,1-2H3,(H,17,18);5-8,10-11H,4,9H2,1-3H3,(H,17,18);2*4-5H,3H2,1-2H3;1H3,(H2,3,4);1-2H3;1H,(H2,2,3)/t14-;11-;;;;;/m00...../s1. The molecule has 0 spiro atoms. The first-order valence-corrected chi connectivity index (χ1v) is 20.2. The highest BCUT2D eigenvalue weighted by Crippen LogP contribution is 2.30. The number of likely N-dealkylation sites (tertiary alicyclic amines) is 1. The van der Waals surface area contributed by atoms with Crippen LogP contribution in [0, 0.1) is 30.4 Å². The van der Waals surface area contributed by atoms with Crippen LogP contribution in [0.25, 0.3) is 22.5 Å². The van der Waals surface area contributed by atoms with Crippen molar-refractivity contribution in [1.82, 2.24) is 29.7 Å². The summed E-state index contributed by atoms with van der Waals surface area (Å²) in [4.78, 5) is 57.0. The summed E-state index contributed by atoms with van der Waals surface area (Å²) >= 11 is 0. The van der Waals surface area contributed by atoms with Gasteiger partial charge in [0, 0.05) is 38.2 Å². The molecular formula is C45H72F2N8O6. The third kappa shape index (κ3) is 25.1. The molecule has 14 nitrogen and oxygen atoms in total. The molecular weight excluding hydrogens is 787 g/mol. The summed E-state index contributed by atoms with van der Waals surface area (Å²) in [6, 6.07) is 12.5. The van der Waals surface area contributed by atoms with Gasteiger partial charge in [0.05, 0.1) is 43.0 Å². The first-order valence-electron chi connectivity index (χ1n) is 20.2. The Labute approximate surface area is 362 Å². The van der Waals surface area contributed by atoms with Gasteiger partial charge in [-0.05, 0) is 102 Å². The predicted molar refractivity (Wildman–Crippen MR) is 239 cm³/mol. The highest BCUT2D eigenvalue weighted by Gasteiger charge is 2.25. The second-order valence-electron chi connectivity index (χ2n) is 14.8. The van der Waals surface area contributed by atoms with Gasteiger partial charge in [-0.15, -0.1) is 0 Å². The number of nitrogens with one attached hydrogen (secondary N) is 2. The van der Waals surface area contributed by atoms with Crippen molar-refractivity contribution in [3.8, 4) is 22.5 Å². The maximum atomic E-state index is 13.9. The van der Waals surface area contributed by atoms with Crippen LogP contribution >= 0.6 is 0 Å². The van der Waals surface area contributed by atoms with Crippen LogP contribution in [0.1, 0.15) is 103 Å². The Bertz CT molecular complexity index is 1750. The van der Waals surface area contributed by atoms with Crippen LogP contribution in [0.15, 0.2) is 54.9 Å². The fraction of sp³-hybridized carbons (Fsp3) is 0.511. The van der Waals surface area contributed by atoms with Gasteiger partial charge in [-0.2, -0.15) is 0 Å². The van der Waals surface area contributed by atoms with Gasteiger partial charge in [-0.25, -0.2) is 23.5 Å². The fourth-order valence-corrected chi connectivity index (χ4v) is 5.24. The lowest BCUT2D eigenvalue weighted by Gasteiger charge is -2.22. The number of aryl methyl sites for hydroxylation is 1. The topological polar surface area (TPSA) is 203 Å². The average molecular weight is 859 g/mol. The molecule has 2 aromatic heterocycles. The minimum absolute atomic E-state index is 0.195. The van der Waals surface area contributed by atoms with E-state index in [9.17, 15) is 23.2 Å². The summed E-state index contributed by atoms with van der Waals surface area (Å²) in [6.07, 6.45) is 9.62. The average Bonchev–Trinajstić information content (AvgIpc) is 3.98. The SMILES string of the molecule is CC(C)CC=O.CC(C)CC=O.CCCN(C)[C@@H](C)c1ncc(-c2ccccc2F)[nH]1.COC.COC(N)=O.Cc1ccc(-c2cnc([C@@H]3CCCN3C)[nH]2)c(F)c1.NC=O. The van der Waals surface area contributed by atoms with Gasteiger partial charge in [0.1, 0.15) is 35.9 Å². The van der Waals surface area contributed by atoms with Crippen LogP contribution < -0.4 is 11.5 Å². The number of rotatable bonds is 11. The van der Waals surface area contributed by atoms with E-state index in [0.29, 0.717) is 41.8 Å². The van der Waals surface area contributed by atoms with Gasteiger partial charge in [0.15, 0.2) is 0 Å². The molecule has 1 fully saturated rings. The van der Waals surface area contributed by atoms with Crippen molar-refractivity contribution in [3.05, 3.63) is 83.7 Å². The number of primary amides is 2. The van der Waals surface area contributed by atoms with Crippen LogP contribution in [0.4, 0.5) is 13.6 Å². The van der Waals surface area contributed by atoms with Gasteiger partial charge >= 0.3 is 6.09 Å². The van der Waals surface area contributed by atoms with E-state index < -0.39 is 6.09 Å². The summed E-state index contributed by atoms with van der Waals surface area (Å²) < 4.78 is 35.8. The van der Waals surface area contributed by atoms with Crippen molar-refractivity contribution in [1.29, 1.82) is 0 Å². The summed E-state index contributed by atoms with van der Waals surface area (Å²) in [5, 5.41) is 0. The summed E-state index contributed by atoms with van der Waals surface area (Å²) in [5.41, 5.74) is 12.2. The first kappa shape index (κ1) is 57.8. The number of carbonyl (C=O) groups is 4. The highest BCUT2D eigenvalue weighted by molar-refractivity contribution is 5.64. The molecule has 0 radical (unpaired) electrons. The summed E-state index contributed by atoms with van der Waals surface area (Å²) in [7, 11) is 8.65. The molecule has 342 valence electrons. The largest absolute Gasteiger partial charge is 0.453 e. The van der Waals surface area contributed by atoms with E-state index in [-0.39, 0.29) is 24.1 Å². The number of nitrogens with two attached hydrogens (primary N) is 2. The number of aldehydes is 2. The molecule has 0 aliphatic carbocycles. The molecule has 6 N–H and O–H groups in total. The Balaban J connectivity index is 0. The fourth-order valence-electron chi connectivity index (χ4n) is 5.24. The molecule has 5 rings (SSSR count). The molecule has 4 aromatic rings. The summed E-state index contributed by atoms with van der Waals surface area (Å²) in [5.74, 6) is 2.44. The molecule has 2 aromatic carbocycles.